The van der Waals surface area contributed by atoms with Gasteiger partial charge in [-0.05, 0) is 68.4 Å². The van der Waals surface area contributed by atoms with Gasteiger partial charge in [0.15, 0.2) is 0 Å². The number of carbonyl (C=O) groups is 1. The van der Waals surface area contributed by atoms with Crippen LogP contribution in [0.15, 0.2) is 43.0 Å². The van der Waals surface area contributed by atoms with Gasteiger partial charge >= 0.3 is 0 Å². The first-order valence-electron chi connectivity index (χ1n) is 11.9. The first-order chi connectivity index (χ1) is 16.1. The van der Waals surface area contributed by atoms with Crippen LogP contribution >= 0.6 is 0 Å². The molecule has 174 valence electrons. The molecular weight excluding hydrogens is 414 g/mol. The maximum absolute atomic E-state index is 13.5. The van der Waals surface area contributed by atoms with Crippen LogP contribution in [0.1, 0.15) is 52.4 Å². The number of aromatic amines is 2. The molecule has 1 spiro atoms. The Labute approximate surface area is 194 Å². The number of amides is 1. The third-order valence-corrected chi connectivity index (χ3v) is 7.25. The third-order valence-electron chi connectivity index (χ3n) is 7.25. The van der Waals surface area contributed by atoms with Gasteiger partial charge in [-0.2, -0.15) is 0 Å². The number of imidazole rings is 2. The molecule has 2 aliphatic heterocycles. The van der Waals surface area contributed by atoms with E-state index in [2.05, 4.69) is 42.3 Å². The highest BCUT2D eigenvalue weighted by Gasteiger charge is 2.36. The van der Waals surface area contributed by atoms with Crippen LogP contribution in [0.2, 0.25) is 0 Å². The number of rotatable bonds is 7. The number of nitrogens with one attached hydrogen (secondary N) is 3. The van der Waals surface area contributed by atoms with Crippen LogP contribution in [0.3, 0.4) is 0 Å². The van der Waals surface area contributed by atoms with E-state index in [0.29, 0.717) is 18.5 Å². The zero-order valence-electron chi connectivity index (χ0n) is 19.3. The highest BCUT2D eigenvalue weighted by Crippen LogP contribution is 2.37. The van der Waals surface area contributed by atoms with Crippen molar-refractivity contribution in [1.29, 1.82) is 0 Å². The zero-order chi connectivity index (χ0) is 22.7. The van der Waals surface area contributed by atoms with Crippen LogP contribution in [0.4, 0.5) is 0 Å². The summed E-state index contributed by atoms with van der Waals surface area (Å²) in [5.74, 6) is 1.49. The van der Waals surface area contributed by atoms with E-state index in [1.807, 2.05) is 13.0 Å². The molecule has 3 N–H and O–H groups in total. The largest absolute Gasteiger partial charge is 0.347 e. The molecule has 33 heavy (non-hydrogen) atoms. The molecule has 0 radical (unpaired) electrons. The molecule has 5 rings (SSSR count). The lowest BCUT2D eigenvalue weighted by Gasteiger charge is -2.39. The molecular formula is C25H33N7O. The van der Waals surface area contributed by atoms with Crippen LogP contribution < -0.4 is 5.32 Å². The summed E-state index contributed by atoms with van der Waals surface area (Å²) in [6.45, 7) is 8.44. The number of aromatic nitrogens is 4. The molecule has 0 aliphatic carbocycles. The van der Waals surface area contributed by atoms with Crippen LogP contribution in [-0.4, -0.2) is 61.8 Å². The fourth-order valence-electron chi connectivity index (χ4n) is 5.23. The average Bonchev–Trinajstić information content (AvgIpc) is 3.59. The summed E-state index contributed by atoms with van der Waals surface area (Å²) in [6.07, 6.45) is 10.8. The zero-order valence-corrected chi connectivity index (χ0v) is 19.3. The normalized spacial score (nSPS) is 18.1. The number of H-pyrrole nitrogens is 2. The lowest BCUT2D eigenvalue weighted by atomic mass is 9.78. The van der Waals surface area contributed by atoms with Crippen LogP contribution in [0.5, 0.6) is 0 Å². The van der Waals surface area contributed by atoms with Gasteiger partial charge in [-0.15, -0.1) is 0 Å². The molecule has 8 heteroatoms. The van der Waals surface area contributed by atoms with Gasteiger partial charge in [0.25, 0.3) is 5.91 Å². The first kappa shape index (κ1) is 21.9. The molecule has 0 saturated carbocycles. The minimum atomic E-state index is -0.0134. The second-order valence-electron chi connectivity index (χ2n) is 9.59. The molecule has 1 aromatic carbocycles. The van der Waals surface area contributed by atoms with Crippen LogP contribution in [0, 0.1) is 12.3 Å². The maximum Gasteiger partial charge on any atom is 0.254 e. The highest BCUT2D eigenvalue weighted by molar-refractivity contribution is 5.95. The molecule has 0 unspecified atom stereocenters. The minimum absolute atomic E-state index is 0.0134. The number of likely N-dealkylation sites (tertiary alicyclic amines) is 1. The third kappa shape index (κ3) is 5.02. The van der Waals surface area contributed by atoms with Crippen molar-refractivity contribution in [1.82, 2.24) is 35.1 Å². The summed E-state index contributed by atoms with van der Waals surface area (Å²) in [5, 5.41) is 3.54. The Bertz CT molecular complexity index is 1010. The number of benzene rings is 1. The van der Waals surface area contributed by atoms with Gasteiger partial charge in [-0.1, -0.05) is 12.1 Å². The van der Waals surface area contributed by atoms with Crippen molar-refractivity contribution in [3.05, 3.63) is 71.3 Å². The van der Waals surface area contributed by atoms with E-state index in [-0.39, 0.29) is 5.91 Å². The smallest absolute Gasteiger partial charge is 0.254 e. The van der Waals surface area contributed by atoms with Gasteiger partial charge < -0.3 is 20.2 Å². The minimum Gasteiger partial charge on any atom is -0.347 e. The topological polar surface area (TPSA) is 92.9 Å². The summed E-state index contributed by atoms with van der Waals surface area (Å²) in [6, 6.07) is 6.27. The van der Waals surface area contributed by atoms with Gasteiger partial charge in [-0.3, -0.25) is 9.69 Å². The summed E-state index contributed by atoms with van der Waals surface area (Å²) in [5.41, 5.74) is 3.54. The summed E-state index contributed by atoms with van der Waals surface area (Å²) >= 11 is 0. The van der Waals surface area contributed by atoms with Crippen LogP contribution in [-0.2, 0) is 19.6 Å². The Morgan fingerprint density at radius 2 is 1.76 bits per heavy atom. The lowest BCUT2D eigenvalue weighted by Crippen LogP contribution is -2.40. The van der Waals surface area contributed by atoms with Crippen molar-refractivity contribution in [3.63, 3.8) is 0 Å². The van der Waals surface area contributed by atoms with E-state index in [4.69, 9.17) is 0 Å². The Hall–Kier alpha value is -2.97. The fourth-order valence-corrected chi connectivity index (χ4v) is 5.23. The number of hydrogen-bond acceptors (Lipinski definition) is 5. The molecule has 2 saturated heterocycles. The summed E-state index contributed by atoms with van der Waals surface area (Å²) in [7, 11) is 0. The molecule has 0 bridgehead atoms. The Kier molecular flexibility index (Phi) is 6.28. The van der Waals surface area contributed by atoms with E-state index in [1.165, 1.54) is 37.9 Å². The van der Waals surface area contributed by atoms with E-state index < -0.39 is 0 Å². The van der Waals surface area contributed by atoms with E-state index in [0.717, 1.165) is 42.4 Å². The Balaban J connectivity index is 1.26. The lowest BCUT2D eigenvalue weighted by molar-refractivity contribution is 0.0720. The van der Waals surface area contributed by atoms with Crippen molar-refractivity contribution >= 4 is 5.91 Å². The summed E-state index contributed by atoms with van der Waals surface area (Å²) < 4.78 is 0. The highest BCUT2D eigenvalue weighted by atomic mass is 16.2. The molecule has 2 fully saturated rings. The quantitative estimate of drug-likeness (QED) is 0.518. The number of hydrogen-bond donors (Lipinski definition) is 3. The molecule has 2 aromatic heterocycles. The van der Waals surface area contributed by atoms with Gasteiger partial charge in [0.2, 0.25) is 0 Å². The predicted octanol–water partition coefficient (Wildman–Crippen LogP) is 2.86. The summed E-state index contributed by atoms with van der Waals surface area (Å²) in [4.78, 5) is 32.6. The standard InChI is InChI=1S/C25H33N7O/c1-19-14-20(15-31-12-5-25(6-13-31)4-7-26-18-25)2-3-21(19)24(33)32(16-22-27-8-9-28-22)17-23-29-10-11-30-23/h2-3,8-11,14,26H,4-7,12-13,15-18H2,1H3,(H,27,28)(H,29,30). The SMILES string of the molecule is Cc1cc(CN2CCC3(CCNC3)CC2)ccc1C(=O)N(Cc1ncc[nH]1)Cc1ncc[nH]1. The van der Waals surface area contributed by atoms with Crippen molar-refractivity contribution in [2.24, 2.45) is 5.41 Å². The number of piperidine rings is 1. The van der Waals surface area contributed by atoms with E-state index >= 15 is 0 Å². The number of carbonyl (C=O) groups excluding carboxylic acids is 1. The molecule has 2 aliphatic rings. The predicted molar refractivity (Wildman–Crippen MR) is 126 cm³/mol. The van der Waals surface area contributed by atoms with Crippen molar-refractivity contribution < 1.29 is 4.79 Å². The average molecular weight is 448 g/mol. The Morgan fingerprint density at radius 3 is 2.30 bits per heavy atom. The van der Waals surface area contributed by atoms with Crippen molar-refractivity contribution in [3.8, 4) is 0 Å². The van der Waals surface area contributed by atoms with Gasteiger partial charge in [0.05, 0.1) is 13.1 Å². The monoisotopic (exact) mass is 447 g/mol. The molecule has 1 amide bonds. The van der Waals surface area contributed by atoms with E-state index in [9.17, 15) is 4.79 Å². The van der Waals surface area contributed by atoms with Gasteiger partial charge in [0, 0.05) is 43.4 Å². The molecule has 8 nitrogen and oxygen atoms in total. The second-order valence-corrected chi connectivity index (χ2v) is 9.59. The molecule has 4 heterocycles. The number of nitrogens with zero attached hydrogens (tertiary/aromatic N) is 4. The molecule has 0 atom stereocenters. The van der Waals surface area contributed by atoms with Crippen molar-refractivity contribution in [2.75, 3.05) is 26.2 Å². The van der Waals surface area contributed by atoms with E-state index in [1.54, 1.807) is 29.7 Å². The second kappa shape index (κ2) is 9.49. The number of aryl methyl sites for hydroxylation is 1. The first-order valence-corrected chi connectivity index (χ1v) is 11.9. The van der Waals surface area contributed by atoms with Gasteiger partial charge in [0.1, 0.15) is 11.6 Å². The molecule has 3 aromatic rings. The van der Waals surface area contributed by atoms with Gasteiger partial charge in [-0.25, -0.2) is 9.97 Å². The fraction of sp³-hybridized carbons (Fsp3) is 0.480. The van der Waals surface area contributed by atoms with Crippen molar-refractivity contribution in [2.45, 2.75) is 45.8 Å². The Morgan fingerprint density at radius 1 is 1.06 bits per heavy atom. The maximum atomic E-state index is 13.5. The van der Waals surface area contributed by atoms with Crippen LogP contribution in [0.25, 0.3) is 0 Å².